The molecule has 1 aliphatic rings. The second-order valence-corrected chi connectivity index (χ2v) is 9.66. The van der Waals surface area contributed by atoms with Gasteiger partial charge in [-0.1, -0.05) is 54.1 Å². The molecule has 4 nitrogen and oxygen atoms in total. The van der Waals surface area contributed by atoms with Gasteiger partial charge in [0.15, 0.2) is 0 Å². The second-order valence-electron chi connectivity index (χ2n) is 7.70. The van der Waals surface area contributed by atoms with Gasteiger partial charge in [0.05, 0.1) is 22.4 Å². The van der Waals surface area contributed by atoms with Crippen molar-refractivity contribution in [3.05, 3.63) is 94.3 Å². The molecule has 2 aromatic carbocycles. The number of hydrazine groups is 1. The van der Waals surface area contributed by atoms with Crippen molar-refractivity contribution in [3.8, 4) is 0 Å². The number of aromatic nitrogens is 1. The van der Waals surface area contributed by atoms with Crippen LogP contribution in [0.3, 0.4) is 0 Å². The van der Waals surface area contributed by atoms with Gasteiger partial charge in [0.25, 0.3) is 5.91 Å². The molecule has 1 N–H and O–H groups in total. The Bertz CT molecular complexity index is 1260. The van der Waals surface area contributed by atoms with Crippen molar-refractivity contribution in [1.82, 2.24) is 15.0 Å². The third-order valence-electron chi connectivity index (χ3n) is 5.53. The predicted octanol–water partition coefficient (Wildman–Crippen LogP) is 5.77. The summed E-state index contributed by atoms with van der Waals surface area (Å²) in [6, 6.07) is 20.7. The van der Waals surface area contributed by atoms with Crippen LogP contribution in [0.15, 0.2) is 83.2 Å². The van der Waals surface area contributed by atoms with Crippen LogP contribution in [0.4, 0.5) is 0 Å². The molecule has 156 valence electrons. The number of thiophene rings is 1. The van der Waals surface area contributed by atoms with Gasteiger partial charge >= 0.3 is 0 Å². The number of thioether (sulfide) groups is 1. The van der Waals surface area contributed by atoms with Crippen LogP contribution in [0.25, 0.3) is 16.6 Å². The maximum atomic E-state index is 13.3. The first-order chi connectivity index (χ1) is 15.1. The van der Waals surface area contributed by atoms with Gasteiger partial charge in [-0.25, -0.2) is 5.01 Å². The highest BCUT2D eigenvalue weighted by Gasteiger charge is 2.31. The Labute approximate surface area is 190 Å². The highest BCUT2D eigenvalue weighted by molar-refractivity contribution is 8.00. The van der Waals surface area contributed by atoms with Crippen LogP contribution in [0.5, 0.6) is 0 Å². The molecule has 4 aromatic rings. The Morgan fingerprint density at radius 1 is 1.10 bits per heavy atom. The fourth-order valence-electron chi connectivity index (χ4n) is 3.89. The van der Waals surface area contributed by atoms with Crippen LogP contribution >= 0.6 is 23.1 Å². The zero-order valence-electron chi connectivity index (χ0n) is 17.4. The zero-order chi connectivity index (χ0) is 21.4. The molecule has 0 bridgehead atoms. The number of nitrogens with one attached hydrogen (secondary N) is 1. The van der Waals surface area contributed by atoms with Crippen LogP contribution in [0.2, 0.25) is 0 Å². The lowest BCUT2D eigenvalue weighted by molar-refractivity contribution is -0.131. The van der Waals surface area contributed by atoms with E-state index < -0.39 is 0 Å². The van der Waals surface area contributed by atoms with Crippen molar-refractivity contribution in [1.29, 1.82) is 0 Å². The molecule has 0 fully saturated rings. The van der Waals surface area contributed by atoms with E-state index in [1.54, 1.807) is 28.1 Å². The Kier molecular flexibility index (Phi) is 5.34. The molecule has 1 aliphatic heterocycles. The third-order valence-corrected chi connectivity index (χ3v) is 7.46. The van der Waals surface area contributed by atoms with Gasteiger partial charge in [0.1, 0.15) is 0 Å². The van der Waals surface area contributed by atoms with E-state index in [1.807, 2.05) is 25.2 Å². The standard InChI is InChI=1S/C25H23N3OS2/c1-17-9-11-18(12-10-17)22-14-20(23-8-5-13-30-23)26-28(22)25(29)16-31-24-15-27(2)21-7-4-3-6-19(21)24/h3-15,22,26H,16H2,1-2H3. The number of carbonyl (C=O) groups excluding carboxylic acids is 1. The predicted molar refractivity (Wildman–Crippen MR) is 130 cm³/mol. The number of nitrogens with zero attached hydrogens (tertiary/aromatic N) is 2. The number of benzene rings is 2. The molecule has 1 atom stereocenters. The summed E-state index contributed by atoms with van der Waals surface area (Å²) in [4.78, 5) is 15.6. The van der Waals surface area contributed by atoms with Crippen LogP contribution in [-0.2, 0) is 11.8 Å². The number of fused-ring (bicyclic) bond motifs is 1. The van der Waals surface area contributed by atoms with E-state index in [0.717, 1.165) is 21.0 Å². The van der Waals surface area contributed by atoms with Crippen LogP contribution in [-0.4, -0.2) is 21.2 Å². The van der Waals surface area contributed by atoms with Gasteiger partial charge in [-0.05, 0) is 36.1 Å². The van der Waals surface area contributed by atoms with E-state index in [1.165, 1.54) is 16.5 Å². The Hall–Kier alpha value is -2.96. The first kappa shape index (κ1) is 20.0. The molecule has 0 aliphatic carbocycles. The van der Waals surface area contributed by atoms with Crippen LogP contribution in [0, 0.1) is 6.92 Å². The molecular formula is C25H23N3OS2. The van der Waals surface area contributed by atoms with Crippen LogP contribution in [0.1, 0.15) is 22.0 Å². The minimum Gasteiger partial charge on any atom is -0.349 e. The van der Waals surface area contributed by atoms with Crippen molar-refractivity contribution < 1.29 is 4.79 Å². The Morgan fingerprint density at radius 3 is 2.68 bits per heavy atom. The molecule has 1 amide bonds. The van der Waals surface area contributed by atoms with Gasteiger partial charge in [0.2, 0.25) is 0 Å². The Balaban J connectivity index is 1.39. The number of hydrogen-bond donors (Lipinski definition) is 1. The van der Waals surface area contributed by atoms with Gasteiger partial charge in [0, 0.05) is 29.0 Å². The fourth-order valence-corrected chi connectivity index (χ4v) is 5.57. The fraction of sp³-hybridized carbons (Fsp3) is 0.160. The summed E-state index contributed by atoms with van der Waals surface area (Å²) in [5.74, 6) is 0.431. The smallest absolute Gasteiger partial charge is 0.252 e. The minimum atomic E-state index is -0.127. The summed E-state index contributed by atoms with van der Waals surface area (Å²) in [5, 5.41) is 5.02. The molecule has 0 saturated heterocycles. The number of amides is 1. The largest absolute Gasteiger partial charge is 0.349 e. The van der Waals surface area contributed by atoms with Gasteiger partial charge in [-0.15, -0.1) is 23.1 Å². The van der Waals surface area contributed by atoms with E-state index in [0.29, 0.717) is 5.75 Å². The van der Waals surface area contributed by atoms with Crippen molar-refractivity contribution >= 4 is 45.6 Å². The van der Waals surface area contributed by atoms with E-state index in [9.17, 15) is 4.79 Å². The van der Waals surface area contributed by atoms with Crippen molar-refractivity contribution in [2.24, 2.45) is 7.05 Å². The summed E-state index contributed by atoms with van der Waals surface area (Å²) < 4.78 is 2.11. The lowest BCUT2D eigenvalue weighted by atomic mass is 10.0. The van der Waals surface area contributed by atoms with Crippen molar-refractivity contribution in [2.75, 3.05) is 5.75 Å². The molecule has 1 unspecified atom stereocenters. The monoisotopic (exact) mass is 445 g/mol. The lowest BCUT2D eigenvalue weighted by Gasteiger charge is -2.25. The maximum Gasteiger partial charge on any atom is 0.252 e. The lowest BCUT2D eigenvalue weighted by Crippen LogP contribution is -2.40. The van der Waals surface area contributed by atoms with Crippen LogP contribution < -0.4 is 5.43 Å². The number of para-hydroxylation sites is 1. The maximum absolute atomic E-state index is 13.3. The summed E-state index contributed by atoms with van der Waals surface area (Å²) in [6.07, 6.45) is 4.25. The van der Waals surface area contributed by atoms with Gasteiger partial charge < -0.3 is 4.57 Å². The molecule has 0 saturated carbocycles. The molecule has 3 heterocycles. The van der Waals surface area contributed by atoms with Gasteiger partial charge in [-0.2, -0.15) is 0 Å². The average molecular weight is 446 g/mol. The number of carbonyl (C=O) groups is 1. The van der Waals surface area contributed by atoms with Crippen molar-refractivity contribution in [2.45, 2.75) is 17.9 Å². The van der Waals surface area contributed by atoms with E-state index in [-0.39, 0.29) is 11.9 Å². The average Bonchev–Trinajstić information content (AvgIpc) is 3.52. The normalized spacial score (nSPS) is 15.9. The zero-order valence-corrected chi connectivity index (χ0v) is 19.0. The first-order valence-corrected chi connectivity index (χ1v) is 12.0. The summed E-state index contributed by atoms with van der Waals surface area (Å²) in [5.41, 5.74) is 7.85. The molecule has 6 heteroatoms. The topological polar surface area (TPSA) is 37.3 Å². The molecule has 5 rings (SSSR count). The summed E-state index contributed by atoms with van der Waals surface area (Å²) in [6.45, 7) is 2.08. The molecule has 2 aromatic heterocycles. The summed E-state index contributed by atoms with van der Waals surface area (Å²) in [7, 11) is 2.04. The van der Waals surface area contributed by atoms with E-state index in [4.69, 9.17) is 0 Å². The highest BCUT2D eigenvalue weighted by Crippen LogP contribution is 2.35. The highest BCUT2D eigenvalue weighted by atomic mass is 32.2. The third kappa shape index (κ3) is 3.89. The first-order valence-electron chi connectivity index (χ1n) is 10.2. The van der Waals surface area contributed by atoms with Gasteiger partial charge in [-0.3, -0.25) is 10.2 Å². The number of rotatable bonds is 5. The Morgan fingerprint density at radius 2 is 1.90 bits per heavy atom. The minimum absolute atomic E-state index is 0.0614. The summed E-state index contributed by atoms with van der Waals surface area (Å²) >= 11 is 3.26. The quantitative estimate of drug-likeness (QED) is 0.396. The number of aryl methyl sites for hydroxylation is 2. The molecule has 0 spiro atoms. The molecule has 31 heavy (non-hydrogen) atoms. The van der Waals surface area contributed by atoms with E-state index >= 15 is 0 Å². The SMILES string of the molecule is Cc1ccc(C2C=C(c3cccs3)NN2C(=O)CSc2cn(C)c3ccccc23)cc1. The molecule has 0 radical (unpaired) electrons. The van der Waals surface area contributed by atoms with E-state index in [2.05, 4.69) is 77.0 Å². The molecular weight excluding hydrogens is 422 g/mol. The van der Waals surface area contributed by atoms with Crippen molar-refractivity contribution in [3.63, 3.8) is 0 Å². The number of hydrogen-bond acceptors (Lipinski definition) is 4. The second kappa shape index (κ2) is 8.29.